The van der Waals surface area contributed by atoms with Crippen LogP contribution in [-0.2, 0) is 4.74 Å². The van der Waals surface area contributed by atoms with Gasteiger partial charge in [0.25, 0.3) is 0 Å². The van der Waals surface area contributed by atoms with Gasteiger partial charge in [-0.3, -0.25) is 4.99 Å². The first-order valence-electron chi connectivity index (χ1n) is 4.03. The van der Waals surface area contributed by atoms with E-state index in [1.54, 1.807) is 6.08 Å². The van der Waals surface area contributed by atoms with E-state index in [0.717, 1.165) is 7.11 Å². The fourth-order valence-electron chi connectivity index (χ4n) is 1.14. The number of ether oxygens (including phenoxy) is 1. The highest BCUT2D eigenvalue weighted by atomic mass is 19.4. The lowest BCUT2D eigenvalue weighted by atomic mass is 10.1. The molecule has 14 heavy (non-hydrogen) atoms. The maximum atomic E-state index is 12.4. The highest BCUT2D eigenvalue weighted by Crippen LogP contribution is 2.27. The molecule has 1 rings (SSSR count). The third-order valence-corrected chi connectivity index (χ3v) is 1.74. The van der Waals surface area contributed by atoms with Gasteiger partial charge in [-0.1, -0.05) is 12.2 Å². The smallest absolute Gasteiger partial charge is 0.367 e. The maximum Gasteiger partial charge on any atom is 0.418 e. The zero-order valence-corrected chi connectivity index (χ0v) is 7.58. The summed E-state index contributed by atoms with van der Waals surface area (Å²) >= 11 is 0. The number of methoxy groups -OCH3 is 1. The molecule has 5 heteroatoms. The second-order valence-electron chi connectivity index (χ2n) is 2.76. The van der Waals surface area contributed by atoms with Gasteiger partial charge in [-0.25, -0.2) is 0 Å². The normalized spacial score (nSPS) is 19.0. The van der Waals surface area contributed by atoms with Crippen LogP contribution in [-0.4, -0.2) is 25.6 Å². The molecule has 0 radical (unpaired) electrons. The quantitative estimate of drug-likeness (QED) is 0.678. The molecule has 0 amide bonds. The Morgan fingerprint density at radius 1 is 1.50 bits per heavy atom. The molecule has 0 fully saturated rings. The number of aliphatic imine (C=N–C) groups is 1. The minimum atomic E-state index is -4.39. The van der Waals surface area contributed by atoms with E-state index in [0.29, 0.717) is 6.42 Å². The molecule has 0 aromatic carbocycles. The minimum absolute atomic E-state index is 0.0463. The Morgan fingerprint density at radius 3 is 2.79 bits per heavy atom. The third kappa shape index (κ3) is 2.70. The molecular formula is C9H10F3NO. The Hall–Kier alpha value is -1.10. The zero-order valence-electron chi connectivity index (χ0n) is 7.58. The van der Waals surface area contributed by atoms with Crippen LogP contribution in [0.1, 0.15) is 6.42 Å². The van der Waals surface area contributed by atoms with Gasteiger partial charge in [0.15, 0.2) is 6.10 Å². The van der Waals surface area contributed by atoms with Gasteiger partial charge < -0.3 is 4.74 Å². The van der Waals surface area contributed by atoms with Gasteiger partial charge in [0, 0.05) is 25.1 Å². The molecule has 1 aliphatic rings. The van der Waals surface area contributed by atoms with Crippen molar-refractivity contribution < 1.29 is 17.9 Å². The molecule has 0 N–H and O–H groups in total. The first-order chi connectivity index (χ1) is 6.55. The van der Waals surface area contributed by atoms with E-state index < -0.39 is 12.3 Å². The second kappa shape index (κ2) is 4.41. The summed E-state index contributed by atoms with van der Waals surface area (Å²) in [6, 6.07) is 0. The van der Waals surface area contributed by atoms with Crippen LogP contribution in [0.15, 0.2) is 28.9 Å². The molecule has 1 heterocycles. The van der Waals surface area contributed by atoms with E-state index in [1.165, 1.54) is 18.5 Å². The lowest BCUT2D eigenvalue weighted by Crippen LogP contribution is -2.33. The van der Waals surface area contributed by atoms with Crippen molar-refractivity contribution in [3.63, 3.8) is 0 Å². The summed E-state index contributed by atoms with van der Waals surface area (Å²) in [7, 11) is 1.03. The Morgan fingerprint density at radius 2 is 2.21 bits per heavy atom. The van der Waals surface area contributed by atoms with Crippen LogP contribution in [0.3, 0.4) is 0 Å². The van der Waals surface area contributed by atoms with Crippen molar-refractivity contribution in [3.05, 3.63) is 23.9 Å². The molecule has 1 aliphatic heterocycles. The fraction of sp³-hybridized carbons (Fsp3) is 0.444. The Kier molecular flexibility index (Phi) is 3.46. The second-order valence-corrected chi connectivity index (χ2v) is 2.76. The average Bonchev–Trinajstić information content (AvgIpc) is 2.31. The van der Waals surface area contributed by atoms with Crippen molar-refractivity contribution in [2.24, 2.45) is 4.99 Å². The molecule has 0 bridgehead atoms. The van der Waals surface area contributed by atoms with Gasteiger partial charge in [0.1, 0.15) is 0 Å². The summed E-state index contributed by atoms with van der Waals surface area (Å²) in [5.74, 6) is 0. The van der Waals surface area contributed by atoms with E-state index in [9.17, 15) is 13.2 Å². The number of hydrogen-bond donors (Lipinski definition) is 0. The van der Waals surface area contributed by atoms with Gasteiger partial charge in [-0.05, 0) is 6.42 Å². The summed E-state index contributed by atoms with van der Waals surface area (Å²) in [5.41, 5.74) is 0.0463. The standard InChI is InChI=1S/C9H10F3NO/c1-14-8(9(10,11)12)7-4-2-3-5-13-6-7/h3-6,8H,2H2,1H3. The zero-order chi connectivity index (χ0) is 10.6. The molecular weight excluding hydrogens is 195 g/mol. The average molecular weight is 205 g/mol. The Labute approximate surface area is 79.8 Å². The van der Waals surface area contributed by atoms with Crippen LogP contribution >= 0.6 is 0 Å². The van der Waals surface area contributed by atoms with Gasteiger partial charge >= 0.3 is 6.18 Å². The molecule has 1 unspecified atom stereocenters. The number of hydrogen-bond acceptors (Lipinski definition) is 2. The number of alkyl halides is 3. The Bertz CT molecular complexity index is 278. The molecule has 0 saturated heterocycles. The minimum Gasteiger partial charge on any atom is -0.367 e. The molecule has 0 aromatic rings. The van der Waals surface area contributed by atoms with E-state index in [1.807, 2.05) is 0 Å². The van der Waals surface area contributed by atoms with Crippen molar-refractivity contribution in [2.75, 3.05) is 7.11 Å². The summed E-state index contributed by atoms with van der Waals surface area (Å²) in [4.78, 5) is 3.68. The first kappa shape index (κ1) is 11.0. The number of allylic oxidation sites excluding steroid dienone is 2. The van der Waals surface area contributed by atoms with E-state index in [2.05, 4.69) is 9.73 Å². The summed E-state index contributed by atoms with van der Waals surface area (Å²) in [6.45, 7) is 0. The van der Waals surface area contributed by atoms with Crippen LogP contribution in [0.2, 0.25) is 0 Å². The van der Waals surface area contributed by atoms with Gasteiger partial charge in [-0.2, -0.15) is 13.2 Å². The van der Waals surface area contributed by atoms with Crippen molar-refractivity contribution in [1.29, 1.82) is 0 Å². The summed E-state index contributed by atoms with van der Waals surface area (Å²) < 4.78 is 41.6. The molecule has 0 aromatic heterocycles. The monoisotopic (exact) mass is 205 g/mol. The molecule has 78 valence electrons. The molecule has 0 saturated carbocycles. The van der Waals surface area contributed by atoms with Crippen LogP contribution in [0.25, 0.3) is 0 Å². The highest BCUT2D eigenvalue weighted by Gasteiger charge is 2.41. The molecule has 0 aliphatic carbocycles. The van der Waals surface area contributed by atoms with Crippen LogP contribution in [0.4, 0.5) is 13.2 Å². The van der Waals surface area contributed by atoms with Crippen molar-refractivity contribution in [2.45, 2.75) is 18.7 Å². The number of rotatable bonds is 2. The van der Waals surface area contributed by atoms with Crippen molar-refractivity contribution >= 4 is 6.21 Å². The van der Waals surface area contributed by atoms with Crippen molar-refractivity contribution in [3.8, 4) is 0 Å². The lowest BCUT2D eigenvalue weighted by Gasteiger charge is -2.19. The van der Waals surface area contributed by atoms with Crippen molar-refractivity contribution in [1.82, 2.24) is 0 Å². The van der Waals surface area contributed by atoms with Gasteiger partial charge in [-0.15, -0.1) is 0 Å². The van der Waals surface area contributed by atoms with Crippen LogP contribution in [0, 0.1) is 0 Å². The van der Waals surface area contributed by atoms with E-state index in [-0.39, 0.29) is 5.57 Å². The van der Waals surface area contributed by atoms with E-state index >= 15 is 0 Å². The fourth-order valence-corrected chi connectivity index (χ4v) is 1.14. The SMILES string of the molecule is COC(C1=CCC=CN=C1)C(F)(F)F. The largest absolute Gasteiger partial charge is 0.418 e. The lowest BCUT2D eigenvalue weighted by molar-refractivity contribution is -0.198. The summed E-state index contributed by atoms with van der Waals surface area (Å²) in [6.07, 6.45) is -0.0764. The molecule has 0 spiro atoms. The van der Waals surface area contributed by atoms with Crippen LogP contribution < -0.4 is 0 Å². The highest BCUT2D eigenvalue weighted by molar-refractivity contribution is 5.81. The van der Waals surface area contributed by atoms with E-state index in [4.69, 9.17) is 0 Å². The topological polar surface area (TPSA) is 21.6 Å². The third-order valence-electron chi connectivity index (χ3n) is 1.74. The first-order valence-corrected chi connectivity index (χ1v) is 4.03. The molecule has 2 nitrogen and oxygen atoms in total. The number of nitrogens with zero attached hydrogens (tertiary/aromatic N) is 1. The predicted molar refractivity (Wildman–Crippen MR) is 47.2 cm³/mol. The van der Waals surface area contributed by atoms with Gasteiger partial charge in [0.2, 0.25) is 0 Å². The summed E-state index contributed by atoms with van der Waals surface area (Å²) in [5, 5.41) is 0. The number of halogens is 3. The van der Waals surface area contributed by atoms with Gasteiger partial charge in [0.05, 0.1) is 0 Å². The molecule has 1 atom stereocenters. The van der Waals surface area contributed by atoms with Crippen LogP contribution in [0.5, 0.6) is 0 Å². The Balaban J connectivity index is 2.85. The maximum absolute atomic E-state index is 12.4. The predicted octanol–water partition coefficient (Wildman–Crippen LogP) is 2.48.